The largest absolute Gasteiger partial charge is 0.382 e. The lowest BCUT2D eigenvalue weighted by atomic mass is 10.2. The maximum atomic E-state index is 11.9. The third kappa shape index (κ3) is 2.62. The highest BCUT2D eigenvalue weighted by molar-refractivity contribution is 5.92. The Kier molecular flexibility index (Phi) is 3.52. The van der Waals surface area contributed by atoms with Crippen molar-refractivity contribution < 1.29 is 4.79 Å². The average molecular weight is 246 g/mol. The van der Waals surface area contributed by atoms with Crippen LogP contribution in [0.4, 0.5) is 5.82 Å². The molecule has 1 atom stereocenters. The number of anilines is 1. The van der Waals surface area contributed by atoms with Gasteiger partial charge in [0.2, 0.25) is 0 Å². The number of amides is 1. The number of hydrogen-bond donors (Lipinski definition) is 3. The number of aromatic nitrogens is 4. The Bertz CT molecular complexity index is 507. The molecular weight excluding hydrogens is 232 g/mol. The van der Waals surface area contributed by atoms with E-state index in [1.807, 2.05) is 6.92 Å². The third-order valence-corrected chi connectivity index (χ3v) is 2.47. The molecule has 4 N–H and O–H groups in total. The number of imidazole rings is 1. The number of nitrogens with two attached hydrogens (primary N) is 1. The molecule has 1 amide bonds. The molecule has 0 aliphatic rings. The Morgan fingerprint density at radius 1 is 1.44 bits per heavy atom. The maximum Gasteiger partial charge on any atom is 0.272 e. The summed E-state index contributed by atoms with van der Waals surface area (Å²) in [6.07, 6.45) is 6.78. The normalized spacial score (nSPS) is 12.1. The Labute approximate surface area is 104 Å². The Morgan fingerprint density at radius 2 is 2.28 bits per heavy atom. The molecule has 2 aromatic heterocycles. The Balaban J connectivity index is 2.08. The van der Waals surface area contributed by atoms with Crippen molar-refractivity contribution in [2.24, 2.45) is 0 Å². The summed E-state index contributed by atoms with van der Waals surface area (Å²) in [5.41, 5.74) is 5.64. The predicted octanol–water partition coefficient (Wildman–Crippen LogP) is 0.663. The van der Waals surface area contributed by atoms with Gasteiger partial charge in [0.1, 0.15) is 17.3 Å². The van der Waals surface area contributed by atoms with E-state index in [0.29, 0.717) is 5.82 Å². The zero-order chi connectivity index (χ0) is 13.0. The van der Waals surface area contributed by atoms with Gasteiger partial charge in [-0.2, -0.15) is 0 Å². The van der Waals surface area contributed by atoms with Crippen LogP contribution in [0, 0.1) is 0 Å². The second kappa shape index (κ2) is 5.26. The molecule has 0 fully saturated rings. The molecule has 0 bridgehead atoms. The van der Waals surface area contributed by atoms with Crippen molar-refractivity contribution in [3.63, 3.8) is 0 Å². The summed E-state index contributed by atoms with van der Waals surface area (Å²) in [5.74, 6) is 0.699. The van der Waals surface area contributed by atoms with Gasteiger partial charge in [-0.3, -0.25) is 4.79 Å². The van der Waals surface area contributed by atoms with Crippen LogP contribution < -0.4 is 11.1 Å². The summed E-state index contributed by atoms with van der Waals surface area (Å²) in [4.78, 5) is 26.8. The van der Waals surface area contributed by atoms with Crippen LogP contribution in [0.15, 0.2) is 24.8 Å². The van der Waals surface area contributed by atoms with Gasteiger partial charge in [-0.05, 0) is 6.42 Å². The highest BCUT2D eigenvalue weighted by Gasteiger charge is 2.16. The number of nitrogen functional groups attached to an aromatic ring is 1. The van der Waals surface area contributed by atoms with Crippen molar-refractivity contribution in [3.05, 3.63) is 36.3 Å². The summed E-state index contributed by atoms with van der Waals surface area (Å²) in [6.45, 7) is 1.96. The molecule has 2 aromatic rings. The van der Waals surface area contributed by atoms with Gasteiger partial charge in [0, 0.05) is 12.4 Å². The summed E-state index contributed by atoms with van der Waals surface area (Å²) in [7, 11) is 0. The summed E-state index contributed by atoms with van der Waals surface area (Å²) in [6, 6.07) is -0.174. The lowest BCUT2D eigenvalue weighted by Crippen LogP contribution is -2.29. The van der Waals surface area contributed by atoms with E-state index in [9.17, 15) is 4.79 Å². The second-order valence-corrected chi connectivity index (χ2v) is 3.74. The number of aromatic amines is 1. The van der Waals surface area contributed by atoms with Gasteiger partial charge in [0.25, 0.3) is 5.91 Å². The maximum absolute atomic E-state index is 11.9. The van der Waals surface area contributed by atoms with E-state index in [2.05, 4.69) is 25.3 Å². The van der Waals surface area contributed by atoms with Crippen molar-refractivity contribution in [2.75, 3.05) is 5.73 Å². The minimum Gasteiger partial charge on any atom is -0.382 e. The number of carbonyl (C=O) groups excluding carboxylic acids is 1. The van der Waals surface area contributed by atoms with Crippen LogP contribution in [-0.2, 0) is 0 Å². The van der Waals surface area contributed by atoms with Crippen molar-refractivity contribution in [1.82, 2.24) is 25.3 Å². The predicted molar refractivity (Wildman–Crippen MR) is 65.5 cm³/mol. The third-order valence-electron chi connectivity index (χ3n) is 2.47. The van der Waals surface area contributed by atoms with Crippen molar-refractivity contribution in [1.29, 1.82) is 0 Å². The molecule has 0 saturated heterocycles. The fourth-order valence-electron chi connectivity index (χ4n) is 1.52. The van der Waals surface area contributed by atoms with E-state index in [4.69, 9.17) is 5.73 Å². The molecule has 7 nitrogen and oxygen atoms in total. The van der Waals surface area contributed by atoms with Crippen LogP contribution in [0.1, 0.15) is 35.7 Å². The number of nitrogens with one attached hydrogen (secondary N) is 2. The average Bonchev–Trinajstić information content (AvgIpc) is 2.90. The van der Waals surface area contributed by atoms with Crippen LogP contribution in [0.3, 0.4) is 0 Å². The van der Waals surface area contributed by atoms with Gasteiger partial charge < -0.3 is 16.0 Å². The molecule has 2 heterocycles. The van der Waals surface area contributed by atoms with E-state index in [-0.39, 0.29) is 23.5 Å². The molecule has 94 valence electrons. The summed E-state index contributed by atoms with van der Waals surface area (Å²) < 4.78 is 0. The number of rotatable bonds is 4. The first kappa shape index (κ1) is 12.0. The molecule has 0 saturated carbocycles. The smallest absolute Gasteiger partial charge is 0.272 e. The number of nitrogens with zero attached hydrogens (tertiary/aromatic N) is 3. The quantitative estimate of drug-likeness (QED) is 0.734. The van der Waals surface area contributed by atoms with Gasteiger partial charge in [0.05, 0.1) is 18.4 Å². The van der Waals surface area contributed by atoms with E-state index >= 15 is 0 Å². The van der Waals surface area contributed by atoms with Crippen LogP contribution in [0.25, 0.3) is 0 Å². The molecule has 18 heavy (non-hydrogen) atoms. The lowest BCUT2D eigenvalue weighted by molar-refractivity contribution is 0.0928. The van der Waals surface area contributed by atoms with E-state index < -0.39 is 0 Å². The summed E-state index contributed by atoms with van der Waals surface area (Å²) in [5, 5.41) is 2.83. The van der Waals surface area contributed by atoms with E-state index in [1.165, 1.54) is 12.4 Å². The Hall–Kier alpha value is -2.44. The van der Waals surface area contributed by atoms with Gasteiger partial charge in [-0.1, -0.05) is 6.92 Å². The minimum atomic E-state index is -0.300. The molecule has 0 aliphatic heterocycles. The number of hydrogen-bond acceptors (Lipinski definition) is 5. The van der Waals surface area contributed by atoms with Crippen molar-refractivity contribution >= 4 is 11.7 Å². The van der Waals surface area contributed by atoms with Crippen LogP contribution in [0.2, 0.25) is 0 Å². The van der Waals surface area contributed by atoms with E-state index in [0.717, 1.165) is 6.42 Å². The van der Waals surface area contributed by atoms with Gasteiger partial charge in [-0.25, -0.2) is 15.0 Å². The molecule has 0 aromatic carbocycles. The lowest BCUT2D eigenvalue weighted by Gasteiger charge is -2.14. The topological polar surface area (TPSA) is 110 Å². The first-order valence-electron chi connectivity index (χ1n) is 5.58. The zero-order valence-electron chi connectivity index (χ0n) is 9.92. The van der Waals surface area contributed by atoms with Gasteiger partial charge >= 0.3 is 0 Å². The standard InChI is InChI=1S/C11H14N6O/c1-2-7(10-13-3-4-14-10)17-11(18)8-5-16-9(12)6-15-8/h3-7H,2H2,1H3,(H2,12,16)(H,13,14)(H,17,18). The highest BCUT2D eigenvalue weighted by atomic mass is 16.1. The minimum absolute atomic E-state index is 0.174. The summed E-state index contributed by atoms with van der Waals surface area (Å²) >= 11 is 0. The molecule has 0 aliphatic carbocycles. The number of H-pyrrole nitrogens is 1. The first-order valence-corrected chi connectivity index (χ1v) is 5.58. The Morgan fingerprint density at radius 3 is 2.83 bits per heavy atom. The van der Waals surface area contributed by atoms with Gasteiger partial charge in [0.15, 0.2) is 0 Å². The van der Waals surface area contributed by atoms with E-state index in [1.54, 1.807) is 12.4 Å². The molecule has 1 unspecified atom stereocenters. The SMILES string of the molecule is CCC(NC(=O)c1cnc(N)cn1)c1ncc[nH]1. The molecule has 0 radical (unpaired) electrons. The highest BCUT2D eigenvalue weighted by Crippen LogP contribution is 2.12. The van der Waals surface area contributed by atoms with Crippen LogP contribution in [-0.4, -0.2) is 25.8 Å². The molecule has 0 spiro atoms. The fourth-order valence-corrected chi connectivity index (χ4v) is 1.52. The van der Waals surface area contributed by atoms with Crippen molar-refractivity contribution in [2.45, 2.75) is 19.4 Å². The van der Waals surface area contributed by atoms with Crippen LogP contribution in [0.5, 0.6) is 0 Å². The molecule has 7 heteroatoms. The first-order chi connectivity index (χ1) is 8.70. The second-order valence-electron chi connectivity index (χ2n) is 3.74. The zero-order valence-corrected chi connectivity index (χ0v) is 9.92. The monoisotopic (exact) mass is 246 g/mol. The van der Waals surface area contributed by atoms with Crippen molar-refractivity contribution in [3.8, 4) is 0 Å². The van der Waals surface area contributed by atoms with Crippen LogP contribution >= 0.6 is 0 Å². The molecule has 2 rings (SSSR count). The number of carbonyl (C=O) groups is 1. The van der Waals surface area contributed by atoms with Gasteiger partial charge in [-0.15, -0.1) is 0 Å². The molecular formula is C11H14N6O. The fraction of sp³-hybridized carbons (Fsp3) is 0.273.